The van der Waals surface area contributed by atoms with Crippen LogP contribution in [0.25, 0.3) is 22.2 Å². The van der Waals surface area contributed by atoms with Gasteiger partial charge in [0.15, 0.2) is 11.5 Å². The molecule has 0 aliphatic heterocycles. The van der Waals surface area contributed by atoms with Gasteiger partial charge in [0, 0.05) is 10.9 Å². The molecule has 4 rings (SSSR count). The van der Waals surface area contributed by atoms with Gasteiger partial charge in [-0.15, -0.1) is 0 Å². The summed E-state index contributed by atoms with van der Waals surface area (Å²) in [5.41, 5.74) is 5.44. The fourth-order valence-electron chi connectivity index (χ4n) is 3.13. The van der Waals surface area contributed by atoms with Crippen molar-refractivity contribution >= 4 is 23.0 Å². The number of para-hydroxylation sites is 1. The lowest BCUT2D eigenvalue weighted by molar-refractivity contribution is 0.0956. The first-order valence-corrected chi connectivity index (χ1v) is 9.41. The normalized spacial score (nSPS) is 11.0. The van der Waals surface area contributed by atoms with Gasteiger partial charge >= 0.3 is 0 Å². The van der Waals surface area contributed by atoms with Crippen LogP contribution in [0.4, 0.5) is 4.39 Å². The zero-order valence-electron chi connectivity index (χ0n) is 16.5. The Hall–Kier alpha value is -4.26. The molecule has 4 aromatic rings. The Labute approximate surface area is 177 Å². The first-order valence-electron chi connectivity index (χ1n) is 9.41. The fraction of sp³-hybridized carbons (Fsp3) is 0.0417. The van der Waals surface area contributed by atoms with E-state index in [4.69, 9.17) is 4.74 Å². The van der Waals surface area contributed by atoms with E-state index in [1.165, 1.54) is 31.5 Å². The van der Waals surface area contributed by atoms with E-state index in [-0.39, 0.29) is 11.6 Å². The highest BCUT2D eigenvalue weighted by Gasteiger charge is 2.13. The third-order valence-corrected chi connectivity index (χ3v) is 4.68. The molecule has 7 heteroatoms. The third-order valence-electron chi connectivity index (χ3n) is 4.68. The van der Waals surface area contributed by atoms with Crippen LogP contribution in [-0.2, 0) is 0 Å². The Morgan fingerprint density at radius 3 is 2.65 bits per heavy atom. The van der Waals surface area contributed by atoms with Crippen LogP contribution in [-0.4, -0.2) is 29.3 Å². The Bertz CT molecular complexity index is 1290. The molecule has 0 saturated heterocycles. The van der Waals surface area contributed by atoms with E-state index in [0.29, 0.717) is 39.0 Å². The number of carbonyl (C=O) groups excluding carboxylic acids is 1. The smallest absolute Gasteiger partial charge is 0.272 e. The maximum Gasteiger partial charge on any atom is 0.272 e. The van der Waals surface area contributed by atoms with Crippen LogP contribution < -0.4 is 10.2 Å². The quantitative estimate of drug-likeness (QED) is 0.371. The number of ether oxygens (including phenoxy) is 1. The molecule has 0 saturated carbocycles. The van der Waals surface area contributed by atoms with Crippen LogP contribution in [0.1, 0.15) is 15.9 Å². The number of nitrogens with zero attached hydrogens (tertiary/aromatic N) is 2. The summed E-state index contributed by atoms with van der Waals surface area (Å²) in [4.78, 5) is 17.5. The molecule has 0 unspecified atom stereocenters. The number of rotatable bonds is 5. The topological polar surface area (TPSA) is 83.8 Å². The predicted molar refractivity (Wildman–Crippen MR) is 117 cm³/mol. The van der Waals surface area contributed by atoms with E-state index in [1.54, 1.807) is 36.4 Å². The van der Waals surface area contributed by atoms with Gasteiger partial charge in [0.2, 0.25) is 0 Å². The average molecular weight is 415 g/mol. The summed E-state index contributed by atoms with van der Waals surface area (Å²) >= 11 is 0. The van der Waals surface area contributed by atoms with Crippen molar-refractivity contribution in [1.29, 1.82) is 0 Å². The van der Waals surface area contributed by atoms with Crippen molar-refractivity contribution in [2.24, 2.45) is 5.10 Å². The lowest BCUT2D eigenvalue weighted by atomic mass is 10.0. The summed E-state index contributed by atoms with van der Waals surface area (Å²) in [5.74, 6) is -0.439. The number of phenolic OH excluding ortho intramolecular Hbond substituents is 1. The van der Waals surface area contributed by atoms with Gasteiger partial charge in [-0.2, -0.15) is 5.10 Å². The van der Waals surface area contributed by atoms with Crippen molar-refractivity contribution in [3.63, 3.8) is 0 Å². The first kappa shape index (κ1) is 20.0. The lowest BCUT2D eigenvalue weighted by Crippen LogP contribution is -2.18. The largest absolute Gasteiger partial charge is 0.504 e. The molecular weight excluding hydrogens is 397 g/mol. The van der Waals surface area contributed by atoms with E-state index >= 15 is 0 Å². The summed E-state index contributed by atoms with van der Waals surface area (Å²) in [6, 6.07) is 19.6. The number of hydrogen-bond acceptors (Lipinski definition) is 5. The number of benzene rings is 3. The number of pyridine rings is 1. The minimum absolute atomic E-state index is 0.0141. The Kier molecular flexibility index (Phi) is 5.57. The minimum Gasteiger partial charge on any atom is -0.504 e. The average Bonchev–Trinajstić information content (AvgIpc) is 2.79. The molecule has 0 aliphatic rings. The number of fused-ring (bicyclic) bond motifs is 1. The van der Waals surface area contributed by atoms with Crippen LogP contribution in [0.5, 0.6) is 11.5 Å². The number of hydrogen-bond donors (Lipinski definition) is 2. The van der Waals surface area contributed by atoms with Crippen molar-refractivity contribution in [2.75, 3.05) is 7.11 Å². The highest BCUT2D eigenvalue weighted by Crippen LogP contribution is 2.26. The number of hydrazone groups is 1. The van der Waals surface area contributed by atoms with Gasteiger partial charge in [0.25, 0.3) is 5.91 Å². The molecule has 154 valence electrons. The molecule has 1 amide bonds. The Balaban J connectivity index is 1.64. The zero-order chi connectivity index (χ0) is 21.8. The highest BCUT2D eigenvalue weighted by molar-refractivity contribution is 6.07. The number of aromatic nitrogens is 1. The molecule has 0 fully saturated rings. The van der Waals surface area contributed by atoms with Crippen molar-refractivity contribution in [3.8, 4) is 22.8 Å². The number of carbonyl (C=O) groups is 1. The number of amides is 1. The Morgan fingerprint density at radius 2 is 1.87 bits per heavy atom. The predicted octanol–water partition coefficient (Wildman–Crippen LogP) is 4.52. The number of halogens is 1. The molecule has 31 heavy (non-hydrogen) atoms. The van der Waals surface area contributed by atoms with Crippen molar-refractivity contribution in [1.82, 2.24) is 10.4 Å². The molecule has 0 bridgehead atoms. The minimum atomic E-state index is -0.413. The third kappa shape index (κ3) is 4.35. The molecule has 1 heterocycles. The molecule has 0 aliphatic carbocycles. The van der Waals surface area contributed by atoms with Crippen LogP contribution in [0, 0.1) is 5.82 Å². The van der Waals surface area contributed by atoms with E-state index in [2.05, 4.69) is 15.5 Å². The van der Waals surface area contributed by atoms with Gasteiger partial charge in [-0.1, -0.05) is 18.2 Å². The second-order valence-electron chi connectivity index (χ2n) is 6.71. The highest BCUT2D eigenvalue weighted by atomic mass is 19.1. The molecule has 1 aromatic heterocycles. The van der Waals surface area contributed by atoms with Gasteiger partial charge in [-0.3, -0.25) is 4.79 Å². The van der Waals surface area contributed by atoms with Crippen LogP contribution in [0.15, 0.2) is 77.9 Å². The van der Waals surface area contributed by atoms with E-state index in [0.717, 1.165) is 0 Å². The number of aromatic hydroxyl groups is 1. The van der Waals surface area contributed by atoms with Gasteiger partial charge in [0.1, 0.15) is 5.82 Å². The summed E-state index contributed by atoms with van der Waals surface area (Å²) in [6.07, 6.45) is 1.45. The van der Waals surface area contributed by atoms with Crippen molar-refractivity contribution < 1.29 is 19.0 Å². The molecule has 0 atom stereocenters. The van der Waals surface area contributed by atoms with Gasteiger partial charge in [0.05, 0.1) is 30.1 Å². The SMILES string of the molecule is COc1cc(/C=N/NC(=O)c2cc(-c3ccc(F)cc3)nc3ccccc23)ccc1O. The lowest BCUT2D eigenvalue weighted by Gasteiger charge is -2.09. The Morgan fingerprint density at radius 1 is 1.10 bits per heavy atom. The number of methoxy groups -OCH3 is 1. The molecular formula is C24H18FN3O3. The summed E-state index contributed by atoms with van der Waals surface area (Å²) < 4.78 is 18.4. The number of phenols is 1. The van der Waals surface area contributed by atoms with Crippen molar-refractivity contribution in [3.05, 3.63) is 89.7 Å². The molecule has 0 radical (unpaired) electrons. The molecule has 0 spiro atoms. The second-order valence-corrected chi connectivity index (χ2v) is 6.71. The molecule has 6 nitrogen and oxygen atoms in total. The van der Waals surface area contributed by atoms with Crippen molar-refractivity contribution in [2.45, 2.75) is 0 Å². The maximum absolute atomic E-state index is 13.3. The summed E-state index contributed by atoms with van der Waals surface area (Å²) in [5, 5.41) is 14.4. The number of nitrogens with one attached hydrogen (secondary N) is 1. The molecule has 2 N–H and O–H groups in total. The van der Waals surface area contributed by atoms with Crippen LogP contribution in [0.3, 0.4) is 0 Å². The van der Waals surface area contributed by atoms with Gasteiger partial charge < -0.3 is 9.84 Å². The fourth-order valence-corrected chi connectivity index (χ4v) is 3.13. The monoisotopic (exact) mass is 415 g/mol. The van der Waals surface area contributed by atoms with Gasteiger partial charge in [-0.05, 0) is 60.2 Å². The van der Waals surface area contributed by atoms with Crippen LogP contribution >= 0.6 is 0 Å². The van der Waals surface area contributed by atoms with Gasteiger partial charge in [-0.25, -0.2) is 14.8 Å². The molecule has 3 aromatic carbocycles. The zero-order valence-corrected chi connectivity index (χ0v) is 16.5. The second kappa shape index (κ2) is 8.62. The van der Waals surface area contributed by atoms with E-state index in [9.17, 15) is 14.3 Å². The standard InChI is InChI=1S/C24H18FN3O3/c1-31-23-12-15(6-11-22(23)29)14-26-28-24(30)19-13-21(16-7-9-17(25)10-8-16)27-20-5-3-2-4-18(19)20/h2-14,29H,1H3,(H,28,30)/b26-14+. The summed E-state index contributed by atoms with van der Waals surface area (Å²) in [6.45, 7) is 0. The van der Waals surface area contributed by atoms with Crippen LogP contribution in [0.2, 0.25) is 0 Å². The van der Waals surface area contributed by atoms with E-state index < -0.39 is 5.91 Å². The van der Waals surface area contributed by atoms with E-state index in [1.807, 2.05) is 18.2 Å². The maximum atomic E-state index is 13.3. The first-order chi connectivity index (χ1) is 15.0. The summed E-state index contributed by atoms with van der Waals surface area (Å²) in [7, 11) is 1.45.